The van der Waals surface area contributed by atoms with Gasteiger partial charge in [0.2, 0.25) is 0 Å². The van der Waals surface area contributed by atoms with E-state index in [2.05, 4.69) is 77.1 Å². The molecule has 1 heteroatoms. The first-order chi connectivity index (χ1) is 10.2. The van der Waals surface area contributed by atoms with Crippen molar-refractivity contribution in [2.24, 2.45) is 0 Å². The van der Waals surface area contributed by atoms with Gasteiger partial charge in [-0.1, -0.05) is 71.0 Å². The van der Waals surface area contributed by atoms with Crippen LogP contribution in [0.4, 0.5) is 0 Å². The fourth-order valence-electron chi connectivity index (χ4n) is 2.78. The molecule has 0 heterocycles. The summed E-state index contributed by atoms with van der Waals surface area (Å²) in [5, 5.41) is 0. The first kappa shape index (κ1) is 16.6. The van der Waals surface area contributed by atoms with Crippen LogP contribution in [0.2, 0.25) is 0 Å². The third-order valence-electron chi connectivity index (χ3n) is 4.32. The van der Waals surface area contributed by atoms with Gasteiger partial charge in [0, 0.05) is 0 Å². The Bertz CT molecular complexity index is 615. The fourth-order valence-corrected chi connectivity index (χ4v) is 2.78. The van der Waals surface area contributed by atoms with Gasteiger partial charge in [0.25, 0.3) is 0 Å². The van der Waals surface area contributed by atoms with Gasteiger partial charge >= 0.3 is 0 Å². The summed E-state index contributed by atoms with van der Waals surface area (Å²) >= 11 is 0. The summed E-state index contributed by atoms with van der Waals surface area (Å²) < 4.78 is 5.35. The Balaban J connectivity index is 2.20. The number of methoxy groups -OCH3 is 1. The summed E-state index contributed by atoms with van der Waals surface area (Å²) in [6.07, 6.45) is 1.02. The van der Waals surface area contributed by atoms with Crippen LogP contribution < -0.4 is 4.74 Å². The molecule has 0 saturated carbocycles. The number of benzene rings is 2. The molecule has 0 fully saturated rings. The van der Waals surface area contributed by atoms with Crippen LogP contribution in [0.3, 0.4) is 0 Å². The summed E-state index contributed by atoms with van der Waals surface area (Å²) in [7, 11) is 1.72. The zero-order chi connectivity index (χ0) is 16.4. The maximum atomic E-state index is 5.35. The molecule has 1 nitrogen and oxygen atoms in total. The number of hydrogen-bond acceptors (Lipinski definition) is 1. The lowest BCUT2D eigenvalue weighted by Crippen LogP contribution is -2.20. The zero-order valence-electron chi connectivity index (χ0n) is 14.7. The first-order valence-corrected chi connectivity index (χ1v) is 7.96. The van der Waals surface area contributed by atoms with Crippen LogP contribution in [0.1, 0.15) is 51.3 Å². The summed E-state index contributed by atoms with van der Waals surface area (Å²) in [6.45, 7) is 11.3. The molecular formula is C21H28O. The summed E-state index contributed by atoms with van der Waals surface area (Å²) in [5.41, 5.74) is 4.36. The van der Waals surface area contributed by atoms with Gasteiger partial charge in [-0.05, 0) is 46.1 Å². The average Bonchev–Trinajstić information content (AvgIpc) is 2.46. The molecule has 22 heavy (non-hydrogen) atoms. The molecule has 0 spiro atoms. The SMILES string of the molecule is COc1cccc(C(C)(C)Cc2ccc(C(C)(C)C)cc2)c1. The highest BCUT2D eigenvalue weighted by Gasteiger charge is 2.22. The molecule has 0 aliphatic heterocycles. The highest BCUT2D eigenvalue weighted by molar-refractivity contribution is 5.35. The van der Waals surface area contributed by atoms with E-state index in [9.17, 15) is 0 Å². The molecule has 0 amide bonds. The van der Waals surface area contributed by atoms with Gasteiger partial charge in [0.15, 0.2) is 0 Å². The summed E-state index contributed by atoms with van der Waals surface area (Å²) in [4.78, 5) is 0. The van der Waals surface area contributed by atoms with Crippen molar-refractivity contribution in [3.63, 3.8) is 0 Å². The molecule has 0 atom stereocenters. The molecule has 0 aliphatic carbocycles. The minimum absolute atomic E-state index is 0.0811. The molecule has 0 bridgehead atoms. The molecule has 2 rings (SSSR count). The van der Waals surface area contributed by atoms with Crippen molar-refractivity contribution in [1.82, 2.24) is 0 Å². The Morgan fingerprint density at radius 3 is 2.00 bits per heavy atom. The van der Waals surface area contributed by atoms with Crippen LogP contribution in [0, 0.1) is 0 Å². The van der Waals surface area contributed by atoms with Gasteiger partial charge in [-0.15, -0.1) is 0 Å². The van der Waals surface area contributed by atoms with Crippen LogP contribution in [0.25, 0.3) is 0 Å². The first-order valence-electron chi connectivity index (χ1n) is 7.96. The second-order valence-electron chi connectivity index (χ2n) is 7.74. The predicted molar refractivity (Wildman–Crippen MR) is 94.9 cm³/mol. The van der Waals surface area contributed by atoms with E-state index in [0.717, 1.165) is 12.2 Å². The van der Waals surface area contributed by atoms with Crippen molar-refractivity contribution >= 4 is 0 Å². The normalized spacial score (nSPS) is 12.3. The second-order valence-corrected chi connectivity index (χ2v) is 7.74. The van der Waals surface area contributed by atoms with E-state index >= 15 is 0 Å². The van der Waals surface area contributed by atoms with Crippen LogP contribution >= 0.6 is 0 Å². The monoisotopic (exact) mass is 296 g/mol. The maximum absolute atomic E-state index is 5.35. The highest BCUT2D eigenvalue weighted by atomic mass is 16.5. The van der Waals surface area contributed by atoms with Gasteiger partial charge in [0.1, 0.15) is 5.75 Å². The molecule has 0 aliphatic rings. The Labute approximate surface area is 135 Å². The molecule has 0 unspecified atom stereocenters. The Morgan fingerprint density at radius 1 is 0.818 bits per heavy atom. The van der Waals surface area contributed by atoms with Crippen LogP contribution in [-0.4, -0.2) is 7.11 Å². The van der Waals surface area contributed by atoms with E-state index < -0.39 is 0 Å². The molecule has 0 aromatic heterocycles. The highest BCUT2D eigenvalue weighted by Crippen LogP contribution is 2.31. The standard InChI is InChI=1S/C21H28O/c1-20(2,3)17-12-10-16(11-13-17)15-21(4,5)18-8-7-9-19(14-18)22-6/h7-14H,15H2,1-6H3. The van der Waals surface area contributed by atoms with Gasteiger partial charge in [-0.3, -0.25) is 0 Å². The van der Waals surface area contributed by atoms with E-state index in [4.69, 9.17) is 4.74 Å². The van der Waals surface area contributed by atoms with Crippen LogP contribution in [-0.2, 0) is 17.3 Å². The maximum Gasteiger partial charge on any atom is 0.119 e. The molecule has 2 aromatic rings. The molecule has 0 N–H and O–H groups in total. The number of ether oxygens (including phenoxy) is 1. The van der Waals surface area contributed by atoms with E-state index in [1.54, 1.807) is 7.11 Å². The van der Waals surface area contributed by atoms with Crippen molar-refractivity contribution in [3.05, 3.63) is 65.2 Å². The fraction of sp³-hybridized carbons (Fsp3) is 0.429. The van der Waals surface area contributed by atoms with Gasteiger partial charge < -0.3 is 4.74 Å². The average molecular weight is 296 g/mol. The van der Waals surface area contributed by atoms with Crippen molar-refractivity contribution in [2.75, 3.05) is 7.11 Å². The lowest BCUT2D eigenvalue weighted by atomic mass is 9.78. The van der Waals surface area contributed by atoms with Crippen LogP contribution in [0.15, 0.2) is 48.5 Å². The Kier molecular flexibility index (Phi) is 4.65. The van der Waals surface area contributed by atoms with Gasteiger partial charge in [0.05, 0.1) is 7.11 Å². The lowest BCUT2D eigenvalue weighted by molar-refractivity contribution is 0.411. The molecule has 0 radical (unpaired) electrons. The topological polar surface area (TPSA) is 9.23 Å². The molecular weight excluding hydrogens is 268 g/mol. The zero-order valence-corrected chi connectivity index (χ0v) is 14.7. The Hall–Kier alpha value is -1.76. The number of rotatable bonds is 4. The minimum atomic E-state index is 0.0811. The summed E-state index contributed by atoms with van der Waals surface area (Å²) in [6, 6.07) is 17.4. The van der Waals surface area contributed by atoms with Crippen molar-refractivity contribution in [3.8, 4) is 5.75 Å². The minimum Gasteiger partial charge on any atom is -0.497 e. The number of hydrogen-bond donors (Lipinski definition) is 0. The second kappa shape index (κ2) is 6.16. The van der Waals surface area contributed by atoms with Crippen molar-refractivity contribution in [2.45, 2.75) is 51.9 Å². The smallest absolute Gasteiger partial charge is 0.119 e. The predicted octanol–water partition coefficient (Wildman–Crippen LogP) is 5.51. The van der Waals surface area contributed by atoms with E-state index in [1.165, 1.54) is 16.7 Å². The lowest BCUT2D eigenvalue weighted by Gasteiger charge is -2.26. The van der Waals surface area contributed by atoms with E-state index in [-0.39, 0.29) is 10.8 Å². The Morgan fingerprint density at radius 2 is 1.45 bits per heavy atom. The molecule has 2 aromatic carbocycles. The molecule has 0 saturated heterocycles. The van der Waals surface area contributed by atoms with E-state index in [0.29, 0.717) is 0 Å². The third-order valence-corrected chi connectivity index (χ3v) is 4.32. The van der Waals surface area contributed by atoms with Crippen molar-refractivity contribution < 1.29 is 4.74 Å². The molecule has 118 valence electrons. The van der Waals surface area contributed by atoms with Gasteiger partial charge in [-0.2, -0.15) is 0 Å². The van der Waals surface area contributed by atoms with Crippen molar-refractivity contribution in [1.29, 1.82) is 0 Å². The van der Waals surface area contributed by atoms with E-state index in [1.807, 2.05) is 6.07 Å². The van der Waals surface area contributed by atoms with Crippen LogP contribution in [0.5, 0.6) is 5.75 Å². The third kappa shape index (κ3) is 3.91. The quantitative estimate of drug-likeness (QED) is 0.722. The largest absolute Gasteiger partial charge is 0.497 e. The summed E-state index contributed by atoms with van der Waals surface area (Å²) in [5.74, 6) is 0.925. The van der Waals surface area contributed by atoms with Gasteiger partial charge in [-0.25, -0.2) is 0 Å².